The third-order valence-corrected chi connectivity index (χ3v) is 8.07. The van der Waals surface area contributed by atoms with E-state index in [1.54, 1.807) is 19.1 Å². The van der Waals surface area contributed by atoms with Gasteiger partial charge >= 0.3 is 30.3 Å². The predicted molar refractivity (Wildman–Crippen MR) is 181 cm³/mol. The van der Waals surface area contributed by atoms with Crippen LogP contribution in [0.5, 0.6) is 5.75 Å². The number of aromatic nitrogens is 2. The number of carbonyl (C=O) groups excluding carboxylic acids is 3. The van der Waals surface area contributed by atoms with Crippen molar-refractivity contribution >= 4 is 46.4 Å². The van der Waals surface area contributed by atoms with E-state index in [0.29, 0.717) is 29.2 Å². The number of amides is 4. The maximum atomic E-state index is 12.9. The first-order valence-corrected chi connectivity index (χ1v) is 15.9. The first-order valence-electron chi connectivity index (χ1n) is 15.9. The van der Waals surface area contributed by atoms with Crippen molar-refractivity contribution in [3.05, 3.63) is 102 Å². The standard InChI is InChI=1S/C31H28N6O5.2C2HF3O2/c1-19-15-21(24-5-3-4-6-25(24)34-19)17-41-23-9-7-22(8-10-23)31(18-33-27(38)20-11-13-32-14-12-20)16-26(37-42-31)30(2)28(39)35-29(40)36-30;2*3-2(4,5)1(6)7/h3-15H,16-18H2,1-2H3,(H,33,38)(H2,35,36,39,40);2*(H,6,7). The van der Waals surface area contributed by atoms with Crippen molar-refractivity contribution in [1.82, 2.24) is 25.9 Å². The number of oxime groups is 1. The molecule has 4 heterocycles. The minimum atomic E-state index is -5.08. The number of pyridine rings is 2. The normalized spacial score (nSPS) is 18.8. The zero-order chi connectivity index (χ0) is 41.5. The minimum absolute atomic E-state index is 0.0509. The van der Waals surface area contributed by atoms with Gasteiger partial charge in [0.1, 0.15) is 12.4 Å². The van der Waals surface area contributed by atoms with Crippen molar-refractivity contribution in [3.63, 3.8) is 0 Å². The lowest BCUT2D eigenvalue weighted by atomic mass is 9.82. The van der Waals surface area contributed by atoms with Crippen molar-refractivity contribution in [2.45, 2.75) is 50.4 Å². The van der Waals surface area contributed by atoms with Crippen molar-refractivity contribution in [2.75, 3.05) is 6.54 Å². The van der Waals surface area contributed by atoms with Gasteiger partial charge < -0.3 is 30.4 Å². The first kappa shape index (κ1) is 41.9. The Morgan fingerprint density at radius 3 is 2.07 bits per heavy atom. The molecule has 21 heteroatoms. The van der Waals surface area contributed by atoms with Crippen LogP contribution in [-0.2, 0) is 31.4 Å². The molecular weight excluding hydrogens is 762 g/mol. The number of hydrogen-bond acceptors (Lipinski definition) is 10. The average molecular weight is 793 g/mol. The van der Waals surface area contributed by atoms with Crippen LogP contribution in [0.1, 0.15) is 40.5 Å². The molecule has 0 radical (unpaired) electrons. The number of benzene rings is 2. The Balaban J connectivity index is 0.000000425. The fraction of sp³-hybridized carbons (Fsp3) is 0.257. The van der Waals surface area contributed by atoms with E-state index in [-0.39, 0.29) is 18.9 Å². The number of nitrogens with zero attached hydrogens (tertiary/aromatic N) is 3. The summed E-state index contributed by atoms with van der Waals surface area (Å²) in [6.07, 6.45) is -6.94. The number of carboxylic acid groups (broad SMARTS) is 2. The van der Waals surface area contributed by atoms with Crippen LogP contribution in [0.2, 0.25) is 0 Å². The van der Waals surface area contributed by atoms with E-state index in [4.69, 9.17) is 29.4 Å². The van der Waals surface area contributed by atoms with Crippen LogP contribution < -0.4 is 20.7 Å². The highest BCUT2D eigenvalue weighted by Crippen LogP contribution is 2.38. The Kier molecular flexibility index (Phi) is 12.5. The fourth-order valence-electron chi connectivity index (χ4n) is 5.20. The summed E-state index contributed by atoms with van der Waals surface area (Å²) in [6.45, 7) is 3.93. The Morgan fingerprint density at radius 2 is 1.52 bits per heavy atom. The van der Waals surface area contributed by atoms with E-state index in [2.05, 4.69) is 31.1 Å². The number of halogens is 6. The Labute approximate surface area is 311 Å². The number of imide groups is 1. The van der Waals surface area contributed by atoms with Crippen LogP contribution in [0.25, 0.3) is 10.9 Å². The Morgan fingerprint density at radius 1 is 0.929 bits per heavy atom. The molecule has 0 spiro atoms. The largest absolute Gasteiger partial charge is 0.490 e. The molecule has 2 unspecified atom stereocenters. The number of carbonyl (C=O) groups is 5. The van der Waals surface area contributed by atoms with Crippen LogP contribution in [-0.4, -0.2) is 80.1 Å². The van der Waals surface area contributed by atoms with Gasteiger partial charge in [-0.05, 0) is 50.2 Å². The van der Waals surface area contributed by atoms with Crippen LogP contribution in [0.15, 0.2) is 84.3 Å². The second-order valence-corrected chi connectivity index (χ2v) is 12.1. The summed E-state index contributed by atoms with van der Waals surface area (Å²) in [4.78, 5) is 69.7. The van der Waals surface area contributed by atoms with Crippen LogP contribution >= 0.6 is 0 Å². The molecule has 1 saturated heterocycles. The highest BCUT2D eigenvalue weighted by atomic mass is 19.4. The van der Waals surface area contributed by atoms with Gasteiger partial charge in [-0.15, -0.1) is 0 Å². The summed E-state index contributed by atoms with van der Waals surface area (Å²) in [7, 11) is 0. The van der Waals surface area contributed by atoms with Crippen LogP contribution in [0, 0.1) is 6.92 Å². The van der Waals surface area contributed by atoms with Gasteiger partial charge in [0.05, 0.1) is 17.8 Å². The highest BCUT2D eigenvalue weighted by Gasteiger charge is 2.53. The number of carboxylic acids is 2. The van der Waals surface area contributed by atoms with E-state index >= 15 is 0 Å². The van der Waals surface area contributed by atoms with Gasteiger partial charge in [0.15, 0.2) is 11.1 Å². The smallest absolute Gasteiger partial charge is 0.489 e. The Hall–Kier alpha value is -6.80. The number of alkyl halides is 6. The number of nitrogens with one attached hydrogen (secondary N) is 3. The molecule has 2 aliphatic rings. The monoisotopic (exact) mass is 792 g/mol. The van der Waals surface area contributed by atoms with Crippen LogP contribution in [0.3, 0.4) is 0 Å². The molecule has 1 fully saturated rings. The molecule has 2 aromatic heterocycles. The highest BCUT2D eigenvalue weighted by molar-refractivity contribution is 6.22. The number of aryl methyl sites for hydroxylation is 1. The maximum absolute atomic E-state index is 12.9. The van der Waals surface area contributed by atoms with E-state index < -0.39 is 47.4 Å². The summed E-state index contributed by atoms with van der Waals surface area (Å²) in [5.74, 6) is -5.71. The molecule has 0 saturated carbocycles. The molecule has 5 N–H and O–H groups in total. The lowest BCUT2D eigenvalue weighted by Gasteiger charge is -2.29. The number of ether oxygens (including phenoxy) is 1. The predicted octanol–water partition coefficient (Wildman–Crippen LogP) is 4.78. The molecule has 4 aromatic rings. The van der Waals surface area contributed by atoms with Gasteiger partial charge in [0, 0.05) is 46.6 Å². The third kappa shape index (κ3) is 10.2. The molecule has 2 aromatic carbocycles. The lowest BCUT2D eigenvalue weighted by Crippen LogP contribution is -2.52. The second-order valence-electron chi connectivity index (χ2n) is 12.1. The quantitative estimate of drug-likeness (QED) is 0.121. The number of aliphatic carboxylic acids is 2. The topological polar surface area (TPSA) is 218 Å². The van der Waals surface area contributed by atoms with Crippen molar-refractivity contribution < 1.29 is 70.1 Å². The minimum Gasteiger partial charge on any atom is -0.489 e. The second kappa shape index (κ2) is 16.7. The fourth-order valence-corrected chi connectivity index (χ4v) is 5.20. The average Bonchev–Trinajstić information content (AvgIpc) is 3.70. The van der Waals surface area contributed by atoms with Gasteiger partial charge in [-0.25, -0.2) is 14.4 Å². The van der Waals surface area contributed by atoms with Crippen molar-refractivity contribution in [2.24, 2.45) is 5.16 Å². The molecule has 6 rings (SSSR count). The summed E-state index contributed by atoms with van der Waals surface area (Å²) in [5.41, 5.74) is 1.83. The molecular formula is C35H30F6N6O9. The SMILES string of the molecule is Cc1cc(COc2ccc(C3(CNC(=O)c4ccncc4)CC(C4(C)NC(=O)NC4=O)=NO3)cc2)c2ccccc2n1.O=C(O)C(F)(F)F.O=C(O)C(F)(F)F. The van der Waals surface area contributed by atoms with E-state index in [9.17, 15) is 40.7 Å². The first-order chi connectivity index (χ1) is 26.1. The molecule has 56 heavy (non-hydrogen) atoms. The number of rotatable bonds is 8. The summed E-state index contributed by atoms with van der Waals surface area (Å²) in [5, 5.41) is 27.3. The summed E-state index contributed by atoms with van der Waals surface area (Å²) < 4.78 is 69.6. The number of hydrogen-bond donors (Lipinski definition) is 5. The molecule has 4 amide bonds. The van der Waals surface area contributed by atoms with Crippen molar-refractivity contribution in [3.8, 4) is 5.75 Å². The van der Waals surface area contributed by atoms with E-state index in [0.717, 1.165) is 22.2 Å². The zero-order valence-electron chi connectivity index (χ0n) is 29.0. The van der Waals surface area contributed by atoms with Gasteiger partial charge in [-0.3, -0.25) is 24.9 Å². The third-order valence-electron chi connectivity index (χ3n) is 8.07. The molecule has 2 atom stereocenters. The number of fused-ring (bicyclic) bond motifs is 1. The summed E-state index contributed by atoms with van der Waals surface area (Å²) in [6, 6.07) is 19.9. The molecule has 296 valence electrons. The van der Waals surface area contributed by atoms with Gasteiger partial charge in [0.2, 0.25) is 0 Å². The van der Waals surface area contributed by atoms with Gasteiger partial charge in [-0.2, -0.15) is 26.3 Å². The van der Waals surface area contributed by atoms with E-state index in [1.165, 1.54) is 12.4 Å². The summed E-state index contributed by atoms with van der Waals surface area (Å²) >= 11 is 0. The van der Waals surface area contributed by atoms with E-state index in [1.807, 2.05) is 61.5 Å². The molecule has 15 nitrogen and oxygen atoms in total. The molecule has 0 bridgehead atoms. The number of para-hydroxylation sites is 1. The zero-order valence-corrected chi connectivity index (χ0v) is 29.0. The van der Waals surface area contributed by atoms with Crippen molar-refractivity contribution in [1.29, 1.82) is 0 Å². The maximum Gasteiger partial charge on any atom is 0.490 e. The van der Waals surface area contributed by atoms with Gasteiger partial charge in [0.25, 0.3) is 11.8 Å². The number of urea groups is 1. The van der Waals surface area contributed by atoms with Gasteiger partial charge in [-0.1, -0.05) is 35.5 Å². The van der Waals surface area contributed by atoms with Crippen LogP contribution in [0.4, 0.5) is 31.1 Å². The molecule has 2 aliphatic heterocycles. The lowest BCUT2D eigenvalue weighted by molar-refractivity contribution is -0.193. The Bertz CT molecular complexity index is 2130. The molecule has 0 aliphatic carbocycles.